The molecule has 0 unspecified atom stereocenters. The molecule has 3 heterocycles. The Hall–Kier alpha value is -3.03. The predicted octanol–water partition coefficient (Wildman–Crippen LogP) is 4.19. The van der Waals surface area contributed by atoms with Crippen LogP contribution < -0.4 is 4.90 Å². The van der Waals surface area contributed by atoms with Crippen LogP contribution in [0.4, 0.5) is 5.69 Å². The minimum Gasteiger partial charge on any atom is -0.368 e. The van der Waals surface area contributed by atoms with Gasteiger partial charge < -0.3 is 4.90 Å². The van der Waals surface area contributed by atoms with Gasteiger partial charge in [0.1, 0.15) is 5.01 Å². The normalized spacial score (nSPS) is 16.6. The quantitative estimate of drug-likeness (QED) is 0.535. The van der Waals surface area contributed by atoms with Crippen molar-refractivity contribution < 1.29 is 9.59 Å². The monoisotopic (exact) mass is 460 g/mol. The molecule has 2 aliphatic rings. The molecule has 5 rings (SSSR count). The number of aromatic nitrogens is 1. The number of carbonyl (C=O) groups excluding carboxylic acids is 2. The van der Waals surface area contributed by atoms with Crippen molar-refractivity contribution in [3.8, 4) is 0 Å². The van der Waals surface area contributed by atoms with Gasteiger partial charge in [-0.05, 0) is 44.0 Å². The summed E-state index contributed by atoms with van der Waals surface area (Å²) in [6.45, 7) is 10.9. The molecule has 7 heteroatoms. The van der Waals surface area contributed by atoms with E-state index in [1.54, 1.807) is 6.07 Å². The van der Waals surface area contributed by atoms with Crippen LogP contribution in [0.5, 0.6) is 0 Å². The van der Waals surface area contributed by atoms with Crippen LogP contribution in [0.1, 0.15) is 48.1 Å². The number of imide groups is 1. The minimum atomic E-state index is -0.224. The molecule has 33 heavy (non-hydrogen) atoms. The van der Waals surface area contributed by atoms with Gasteiger partial charge in [-0.3, -0.25) is 19.4 Å². The Morgan fingerprint density at radius 3 is 2.42 bits per heavy atom. The zero-order valence-electron chi connectivity index (χ0n) is 19.3. The van der Waals surface area contributed by atoms with Crippen molar-refractivity contribution in [3.63, 3.8) is 0 Å². The van der Waals surface area contributed by atoms with Crippen molar-refractivity contribution >= 4 is 28.8 Å². The topological polar surface area (TPSA) is 56.8 Å². The van der Waals surface area contributed by atoms with Crippen molar-refractivity contribution in [2.45, 2.75) is 33.9 Å². The molecule has 0 atom stereocenters. The molecule has 0 spiro atoms. The number of amides is 2. The lowest BCUT2D eigenvalue weighted by molar-refractivity contribution is 0.0642. The SMILES string of the molecule is Cc1ccc(CN2CCN(c3cccc4c3C(=O)N(Cc3nc(C)cs3)C4=O)CC2)c(C)c1. The highest BCUT2D eigenvalue weighted by molar-refractivity contribution is 7.09. The second-order valence-electron chi connectivity index (χ2n) is 8.97. The van der Waals surface area contributed by atoms with Crippen molar-refractivity contribution in [3.05, 3.63) is 80.3 Å². The molecule has 0 radical (unpaired) electrons. The number of hydrogen-bond acceptors (Lipinski definition) is 6. The highest BCUT2D eigenvalue weighted by Crippen LogP contribution is 2.33. The molecule has 6 nitrogen and oxygen atoms in total. The van der Waals surface area contributed by atoms with E-state index in [1.807, 2.05) is 24.4 Å². The van der Waals surface area contributed by atoms with E-state index in [0.29, 0.717) is 11.1 Å². The summed E-state index contributed by atoms with van der Waals surface area (Å²) < 4.78 is 0. The van der Waals surface area contributed by atoms with Crippen LogP contribution in [0.3, 0.4) is 0 Å². The lowest BCUT2D eigenvalue weighted by atomic mass is 10.0. The number of nitrogens with zero attached hydrogens (tertiary/aromatic N) is 4. The van der Waals surface area contributed by atoms with E-state index in [9.17, 15) is 9.59 Å². The van der Waals surface area contributed by atoms with E-state index in [2.05, 4.69) is 46.8 Å². The van der Waals surface area contributed by atoms with Crippen LogP contribution in [-0.4, -0.2) is 52.8 Å². The molecule has 2 aromatic carbocycles. The van der Waals surface area contributed by atoms with E-state index >= 15 is 0 Å². The van der Waals surface area contributed by atoms with Gasteiger partial charge in [0.2, 0.25) is 0 Å². The summed E-state index contributed by atoms with van der Waals surface area (Å²) in [4.78, 5) is 36.8. The van der Waals surface area contributed by atoms with Gasteiger partial charge in [0.05, 0.1) is 23.4 Å². The molecule has 0 bridgehead atoms. The van der Waals surface area contributed by atoms with Crippen molar-refractivity contribution in [2.24, 2.45) is 0 Å². The van der Waals surface area contributed by atoms with Crippen molar-refractivity contribution in [1.29, 1.82) is 0 Å². The summed E-state index contributed by atoms with van der Waals surface area (Å²) >= 11 is 1.48. The average molecular weight is 461 g/mol. The third kappa shape index (κ3) is 4.18. The first kappa shape index (κ1) is 21.8. The average Bonchev–Trinajstić information content (AvgIpc) is 3.32. The van der Waals surface area contributed by atoms with E-state index in [-0.39, 0.29) is 18.4 Å². The zero-order valence-corrected chi connectivity index (χ0v) is 20.1. The molecule has 1 saturated heterocycles. The highest BCUT2D eigenvalue weighted by atomic mass is 32.1. The van der Waals surface area contributed by atoms with Gasteiger partial charge in [0.15, 0.2) is 0 Å². The molecule has 0 saturated carbocycles. The third-order valence-electron chi connectivity index (χ3n) is 6.54. The fourth-order valence-corrected chi connectivity index (χ4v) is 5.50. The van der Waals surface area contributed by atoms with Crippen LogP contribution in [-0.2, 0) is 13.1 Å². The first-order valence-corrected chi connectivity index (χ1v) is 12.2. The molecular formula is C26H28N4O2S. The summed E-state index contributed by atoms with van der Waals surface area (Å²) in [7, 11) is 0. The number of rotatable bonds is 5. The fraction of sp³-hybridized carbons (Fsp3) is 0.346. The lowest BCUT2D eigenvalue weighted by Gasteiger charge is -2.37. The van der Waals surface area contributed by atoms with Gasteiger partial charge in [-0.2, -0.15) is 0 Å². The standard InChI is InChI=1S/C26H28N4O2S/c1-17-7-8-20(18(2)13-17)14-28-9-11-29(12-10-28)22-6-4-5-21-24(22)26(32)30(25(21)31)15-23-27-19(3)16-33-23/h4-8,13,16H,9-12,14-15H2,1-3H3. The summed E-state index contributed by atoms with van der Waals surface area (Å²) in [6.07, 6.45) is 0. The minimum absolute atomic E-state index is 0.212. The van der Waals surface area contributed by atoms with Crippen LogP contribution in [0.25, 0.3) is 0 Å². The third-order valence-corrected chi connectivity index (χ3v) is 7.49. The fourth-order valence-electron chi connectivity index (χ4n) is 4.74. The first-order chi connectivity index (χ1) is 15.9. The van der Waals surface area contributed by atoms with Gasteiger partial charge in [0, 0.05) is 43.8 Å². The molecule has 1 aromatic heterocycles. The molecular weight excluding hydrogens is 432 g/mol. The number of anilines is 1. The molecule has 2 amide bonds. The summed E-state index contributed by atoms with van der Waals surface area (Å²) in [6, 6.07) is 12.3. The summed E-state index contributed by atoms with van der Waals surface area (Å²) in [5.41, 5.74) is 6.81. The van der Waals surface area contributed by atoms with Crippen LogP contribution >= 0.6 is 11.3 Å². The van der Waals surface area contributed by atoms with Crippen LogP contribution in [0.15, 0.2) is 41.8 Å². The summed E-state index contributed by atoms with van der Waals surface area (Å²) in [5.74, 6) is -0.436. The number of hydrogen-bond donors (Lipinski definition) is 0. The van der Waals surface area contributed by atoms with E-state index in [0.717, 1.165) is 49.1 Å². The Balaban J connectivity index is 1.30. The van der Waals surface area contributed by atoms with Gasteiger partial charge in [-0.1, -0.05) is 29.8 Å². The van der Waals surface area contributed by atoms with Crippen molar-refractivity contribution in [2.75, 3.05) is 31.1 Å². The van der Waals surface area contributed by atoms with Gasteiger partial charge in [-0.15, -0.1) is 11.3 Å². The van der Waals surface area contributed by atoms with E-state index < -0.39 is 0 Å². The Bertz CT molecular complexity index is 1230. The maximum absolute atomic E-state index is 13.3. The maximum atomic E-state index is 13.3. The number of aryl methyl sites for hydroxylation is 3. The number of thiazole rings is 1. The van der Waals surface area contributed by atoms with E-state index in [1.165, 1.54) is 32.9 Å². The molecule has 1 fully saturated rings. The lowest BCUT2D eigenvalue weighted by Crippen LogP contribution is -2.46. The first-order valence-electron chi connectivity index (χ1n) is 11.3. The number of piperazine rings is 1. The van der Waals surface area contributed by atoms with Crippen LogP contribution in [0, 0.1) is 20.8 Å². The Kier molecular flexibility index (Phi) is 5.76. The second-order valence-corrected chi connectivity index (χ2v) is 9.91. The number of benzene rings is 2. The Morgan fingerprint density at radius 2 is 1.73 bits per heavy atom. The Morgan fingerprint density at radius 1 is 0.939 bits per heavy atom. The van der Waals surface area contributed by atoms with Crippen LogP contribution in [0.2, 0.25) is 0 Å². The molecule has 170 valence electrons. The highest BCUT2D eigenvalue weighted by Gasteiger charge is 2.39. The van der Waals surface area contributed by atoms with E-state index in [4.69, 9.17) is 0 Å². The molecule has 3 aromatic rings. The van der Waals surface area contributed by atoms with Gasteiger partial charge >= 0.3 is 0 Å². The van der Waals surface area contributed by atoms with Gasteiger partial charge in [-0.25, -0.2) is 4.98 Å². The zero-order chi connectivity index (χ0) is 23.1. The Labute approximate surface area is 198 Å². The predicted molar refractivity (Wildman–Crippen MR) is 131 cm³/mol. The summed E-state index contributed by atoms with van der Waals surface area (Å²) in [5, 5.41) is 2.72. The van der Waals surface area contributed by atoms with Gasteiger partial charge in [0.25, 0.3) is 11.8 Å². The number of fused-ring (bicyclic) bond motifs is 1. The smallest absolute Gasteiger partial charge is 0.264 e. The molecule has 2 aliphatic heterocycles. The van der Waals surface area contributed by atoms with Crippen molar-refractivity contribution in [1.82, 2.24) is 14.8 Å². The molecule has 0 N–H and O–H groups in total. The number of carbonyl (C=O) groups is 2. The largest absolute Gasteiger partial charge is 0.368 e. The maximum Gasteiger partial charge on any atom is 0.264 e. The molecule has 0 aliphatic carbocycles. The second kappa shape index (κ2) is 8.72.